The fourth-order valence-electron chi connectivity index (χ4n) is 3.07. The number of nitriles is 2. The van der Waals surface area contributed by atoms with E-state index >= 15 is 0 Å². The zero-order valence-corrected chi connectivity index (χ0v) is 15.9. The molecule has 3 rings (SSSR count). The van der Waals surface area contributed by atoms with E-state index in [1.54, 1.807) is 17.0 Å². The van der Waals surface area contributed by atoms with Gasteiger partial charge in [0.25, 0.3) is 0 Å². The van der Waals surface area contributed by atoms with Gasteiger partial charge in [-0.3, -0.25) is 9.69 Å². The first-order valence-corrected chi connectivity index (χ1v) is 9.06. The second kappa shape index (κ2) is 8.92. The van der Waals surface area contributed by atoms with Crippen LogP contribution in [0.4, 0.5) is 0 Å². The molecule has 2 aromatic carbocycles. The third-order valence-electron chi connectivity index (χ3n) is 4.39. The number of ether oxygens (including phenoxy) is 2. The summed E-state index contributed by atoms with van der Waals surface area (Å²) in [6, 6.07) is 14.2. The maximum Gasteiger partial charge on any atom is 0.231 e. The first-order chi connectivity index (χ1) is 14.1. The van der Waals surface area contributed by atoms with E-state index in [0.717, 1.165) is 0 Å². The molecule has 0 fully saturated rings. The standard InChI is InChI=1S/C22H19N3O4/c1-2-28-19-6-4-3-5-15(19)13-20-21(27)16-7-8-18(26)17(22(16)29-20)14-25(11-9-23)12-10-24/h3-8,13,26H,2,11-12,14H2,1H3. The first-order valence-electron chi connectivity index (χ1n) is 9.06. The van der Waals surface area contributed by atoms with E-state index in [-0.39, 0.29) is 42.7 Å². The van der Waals surface area contributed by atoms with Crippen molar-refractivity contribution in [1.29, 1.82) is 10.5 Å². The van der Waals surface area contributed by atoms with Gasteiger partial charge >= 0.3 is 0 Å². The summed E-state index contributed by atoms with van der Waals surface area (Å²) in [5.41, 5.74) is 1.39. The first kappa shape index (κ1) is 19.9. The summed E-state index contributed by atoms with van der Waals surface area (Å²) >= 11 is 0. The molecule has 1 N–H and O–H groups in total. The predicted octanol–water partition coefficient (Wildman–Crippen LogP) is 3.26. The van der Waals surface area contributed by atoms with Crippen LogP contribution in [0.25, 0.3) is 6.08 Å². The molecule has 1 heterocycles. The maximum atomic E-state index is 12.8. The Bertz CT molecular complexity index is 1030. The lowest BCUT2D eigenvalue weighted by atomic mass is 10.0. The molecule has 0 radical (unpaired) electrons. The highest BCUT2D eigenvalue weighted by Crippen LogP contribution is 2.40. The Morgan fingerprint density at radius 1 is 1.17 bits per heavy atom. The number of allylic oxidation sites excluding steroid dienone is 1. The molecule has 7 heteroatoms. The van der Waals surface area contributed by atoms with Gasteiger partial charge < -0.3 is 14.6 Å². The van der Waals surface area contributed by atoms with Gasteiger partial charge in [-0.05, 0) is 31.2 Å². The Hall–Kier alpha value is -3.81. The Morgan fingerprint density at radius 3 is 2.59 bits per heavy atom. The molecule has 29 heavy (non-hydrogen) atoms. The van der Waals surface area contributed by atoms with Gasteiger partial charge in [-0.2, -0.15) is 10.5 Å². The van der Waals surface area contributed by atoms with Crippen LogP contribution >= 0.6 is 0 Å². The molecular formula is C22H19N3O4. The van der Waals surface area contributed by atoms with Crippen molar-refractivity contribution in [2.24, 2.45) is 0 Å². The Balaban J connectivity index is 1.97. The van der Waals surface area contributed by atoms with Crippen LogP contribution in [0.1, 0.15) is 28.4 Å². The molecule has 1 aliphatic rings. The highest BCUT2D eigenvalue weighted by molar-refractivity contribution is 6.15. The largest absolute Gasteiger partial charge is 0.507 e. The van der Waals surface area contributed by atoms with Gasteiger partial charge in [-0.1, -0.05) is 18.2 Å². The number of hydrogen-bond donors (Lipinski definition) is 1. The van der Waals surface area contributed by atoms with Gasteiger partial charge in [0.1, 0.15) is 17.2 Å². The van der Waals surface area contributed by atoms with Crippen LogP contribution in [0.5, 0.6) is 17.2 Å². The van der Waals surface area contributed by atoms with E-state index in [4.69, 9.17) is 20.0 Å². The predicted molar refractivity (Wildman–Crippen MR) is 105 cm³/mol. The number of nitrogens with zero attached hydrogens (tertiary/aromatic N) is 3. The summed E-state index contributed by atoms with van der Waals surface area (Å²) in [4.78, 5) is 14.4. The number of Topliss-reactive ketones (excluding diaryl/α,β-unsaturated/α-hetero) is 1. The molecule has 0 spiro atoms. The molecule has 0 saturated carbocycles. The van der Waals surface area contributed by atoms with Gasteiger partial charge in [0, 0.05) is 12.1 Å². The third-order valence-corrected chi connectivity index (χ3v) is 4.39. The molecule has 0 unspecified atom stereocenters. The van der Waals surface area contributed by atoms with Crippen molar-refractivity contribution in [3.63, 3.8) is 0 Å². The fraction of sp³-hybridized carbons (Fsp3) is 0.227. The molecule has 2 aromatic rings. The van der Waals surface area contributed by atoms with Crippen molar-refractivity contribution in [3.8, 4) is 29.4 Å². The number of ketones is 1. The lowest BCUT2D eigenvalue weighted by Gasteiger charge is -2.17. The minimum atomic E-state index is -0.306. The zero-order valence-electron chi connectivity index (χ0n) is 15.9. The van der Waals surface area contributed by atoms with Gasteiger partial charge in [-0.15, -0.1) is 0 Å². The zero-order chi connectivity index (χ0) is 20.8. The number of carbonyl (C=O) groups is 1. The SMILES string of the molecule is CCOc1ccccc1C=C1Oc2c(ccc(O)c2CN(CC#N)CC#N)C1=O. The smallest absolute Gasteiger partial charge is 0.231 e. The number of carbonyl (C=O) groups excluding carboxylic acids is 1. The number of phenolic OH excluding ortho intramolecular Hbond substituents is 1. The van der Waals surface area contributed by atoms with Crippen LogP contribution in [0.3, 0.4) is 0 Å². The number of phenols is 1. The average Bonchev–Trinajstić information content (AvgIpc) is 3.02. The third kappa shape index (κ3) is 4.21. The van der Waals surface area contributed by atoms with Crippen LogP contribution in [0.15, 0.2) is 42.2 Å². The molecule has 7 nitrogen and oxygen atoms in total. The average molecular weight is 389 g/mol. The van der Waals surface area contributed by atoms with Crippen LogP contribution < -0.4 is 9.47 Å². The van der Waals surface area contributed by atoms with E-state index < -0.39 is 0 Å². The number of aromatic hydroxyl groups is 1. The van der Waals surface area contributed by atoms with Gasteiger partial charge in [-0.25, -0.2) is 0 Å². The molecule has 0 aromatic heterocycles. The number of rotatable bonds is 7. The minimum Gasteiger partial charge on any atom is -0.507 e. The van der Waals surface area contributed by atoms with E-state index in [1.165, 1.54) is 12.1 Å². The summed E-state index contributed by atoms with van der Waals surface area (Å²) in [7, 11) is 0. The molecule has 0 amide bonds. The topological polar surface area (TPSA) is 107 Å². The number of fused-ring (bicyclic) bond motifs is 1. The second-order valence-corrected chi connectivity index (χ2v) is 6.31. The van der Waals surface area contributed by atoms with Crippen molar-refractivity contribution in [1.82, 2.24) is 4.90 Å². The van der Waals surface area contributed by atoms with E-state index in [0.29, 0.717) is 29.0 Å². The lowest BCUT2D eigenvalue weighted by Crippen LogP contribution is -2.24. The van der Waals surface area contributed by atoms with Crippen LogP contribution in [-0.4, -0.2) is 35.5 Å². The highest BCUT2D eigenvalue weighted by atomic mass is 16.5. The molecule has 0 aliphatic carbocycles. The summed E-state index contributed by atoms with van der Waals surface area (Å²) < 4.78 is 11.4. The quantitative estimate of drug-likeness (QED) is 0.572. The summed E-state index contributed by atoms with van der Waals surface area (Å²) in [6.07, 6.45) is 1.61. The summed E-state index contributed by atoms with van der Waals surface area (Å²) in [5, 5.41) is 28.2. The van der Waals surface area contributed by atoms with Gasteiger partial charge in [0.2, 0.25) is 5.78 Å². The summed E-state index contributed by atoms with van der Waals surface area (Å²) in [5.74, 6) is 0.627. The highest BCUT2D eigenvalue weighted by Gasteiger charge is 2.32. The van der Waals surface area contributed by atoms with Crippen LogP contribution in [0.2, 0.25) is 0 Å². The van der Waals surface area contributed by atoms with Crippen LogP contribution in [0, 0.1) is 22.7 Å². The lowest BCUT2D eigenvalue weighted by molar-refractivity contribution is 0.101. The Kier molecular flexibility index (Phi) is 6.13. The number of benzene rings is 2. The van der Waals surface area contributed by atoms with Gasteiger partial charge in [0.05, 0.1) is 43.0 Å². The molecule has 0 bridgehead atoms. The molecular weight excluding hydrogens is 370 g/mol. The van der Waals surface area contributed by atoms with E-state index in [2.05, 4.69) is 0 Å². The normalized spacial score (nSPS) is 13.7. The molecule has 0 saturated heterocycles. The summed E-state index contributed by atoms with van der Waals surface area (Å²) in [6.45, 7) is 2.48. The van der Waals surface area contributed by atoms with E-state index in [1.807, 2.05) is 37.3 Å². The van der Waals surface area contributed by atoms with Crippen LogP contribution in [-0.2, 0) is 6.54 Å². The molecule has 1 aliphatic heterocycles. The Morgan fingerprint density at radius 2 is 1.90 bits per heavy atom. The van der Waals surface area contributed by atoms with Crippen molar-refractivity contribution in [3.05, 3.63) is 58.8 Å². The monoisotopic (exact) mass is 389 g/mol. The molecule has 146 valence electrons. The second-order valence-electron chi connectivity index (χ2n) is 6.31. The number of hydrogen-bond acceptors (Lipinski definition) is 7. The van der Waals surface area contributed by atoms with Crippen molar-refractivity contribution in [2.75, 3.05) is 19.7 Å². The fourth-order valence-corrected chi connectivity index (χ4v) is 3.07. The minimum absolute atomic E-state index is 0.00897. The van der Waals surface area contributed by atoms with Crippen molar-refractivity contribution < 1.29 is 19.4 Å². The number of para-hydroxylation sites is 1. The van der Waals surface area contributed by atoms with E-state index in [9.17, 15) is 9.90 Å². The van der Waals surface area contributed by atoms with Crippen molar-refractivity contribution >= 4 is 11.9 Å². The molecule has 0 atom stereocenters. The van der Waals surface area contributed by atoms with Gasteiger partial charge in [0.15, 0.2) is 5.76 Å². The van der Waals surface area contributed by atoms with Crippen molar-refractivity contribution in [2.45, 2.75) is 13.5 Å². The maximum absolute atomic E-state index is 12.8. The Labute approximate surface area is 168 Å².